The van der Waals surface area contributed by atoms with E-state index in [0.717, 1.165) is 69.7 Å². The van der Waals surface area contributed by atoms with E-state index in [-0.39, 0.29) is 5.97 Å². The molecule has 0 atom stereocenters. The molecule has 39 heavy (non-hydrogen) atoms. The minimum Gasteiger partial charge on any atom is -0.465 e. The van der Waals surface area contributed by atoms with E-state index in [4.69, 9.17) is 9.26 Å². The summed E-state index contributed by atoms with van der Waals surface area (Å²) in [6.45, 7) is 4.26. The molecular formula is C34H30N2O3. The van der Waals surface area contributed by atoms with Crippen molar-refractivity contribution in [3.05, 3.63) is 120 Å². The average molecular weight is 515 g/mol. The maximum absolute atomic E-state index is 12.4. The van der Waals surface area contributed by atoms with Gasteiger partial charge in [0.25, 0.3) is 0 Å². The zero-order valence-corrected chi connectivity index (χ0v) is 22.2. The Hall–Kier alpha value is -4.51. The lowest BCUT2D eigenvalue weighted by Gasteiger charge is -2.14. The van der Waals surface area contributed by atoms with Crippen LogP contribution in [0, 0.1) is 6.92 Å². The van der Waals surface area contributed by atoms with Crippen molar-refractivity contribution < 1.29 is 14.1 Å². The molecule has 1 aliphatic rings. The van der Waals surface area contributed by atoms with Crippen LogP contribution >= 0.6 is 0 Å². The molecule has 0 amide bonds. The Kier molecular flexibility index (Phi) is 6.57. The maximum Gasteiger partial charge on any atom is 0.316 e. The van der Waals surface area contributed by atoms with Gasteiger partial charge in [0.2, 0.25) is 0 Å². The SMILES string of the molecule is CCOC(=O)C1(c2ccc(-c3ccc(-c4onc(C)c4Cc4cccc(-c5cccnc5)c4)cc3)cc2)CC1. The molecule has 1 aliphatic carbocycles. The minimum atomic E-state index is -0.448. The Morgan fingerprint density at radius 2 is 1.56 bits per heavy atom. The van der Waals surface area contributed by atoms with Crippen LogP contribution in [-0.2, 0) is 21.4 Å². The van der Waals surface area contributed by atoms with Crippen molar-refractivity contribution in [2.45, 2.75) is 38.5 Å². The van der Waals surface area contributed by atoms with E-state index in [9.17, 15) is 4.79 Å². The van der Waals surface area contributed by atoms with Crippen LogP contribution in [0.15, 0.2) is 102 Å². The third-order valence-corrected chi connectivity index (χ3v) is 7.62. The van der Waals surface area contributed by atoms with E-state index in [1.807, 2.05) is 26.1 Å². The molecule has 0 saturated heterocycles. The van der Waals surface area contributed by atoms with Gasteiger partial charge in [0.1, 0.15) is 0 Å². The molecule has 0 unspecified atom stereocenters. The first kappa shape index (κ1) is 24.8. The lowest BCUT2D eigenvalue weighted by Crippen LogP contribution is -2.23. The van der Waals surface area contributed by atoms with Gasteiger partial charge in [0.15, 0.2) is 5.76 Å². The van der Waals surface area contributed by atoms with Gasteiger partial charge in [-0.1, -0.05) is 84.0 Å². The summed E-state index contributed by atoms with van der Waals surface area (Å²) in [6.07, 6.45) is 6.11. The second kappa shape index (κ2) is 10.3. The molecule has 1 saturated carbocycles. The van der Waals surface area contributed by atoms with Gasteiger partial charge in [0.05, 0.1) is 17.7 Å². The van der Waals surface area contributed by atoms with Gasteiger partial charge in [-0.2, -0.15) is 0 Å². The highest BCUT2D eigenvalue weighted by atomic mass is 16.5. The van der Waals surface area contributed by atoms with Gasteiger partial charge in [-0.15, -0.1) is 0 Å². The fraction of sp³-hybridized carbons (Fsp3) is 0.206. The summed E-state index contributed by atoms with van der Waals surface area (Å²) in [4.78, 5) is 16.7. The maximum atomic E-state index is 12.4. The standard InChI is InChI=1S/C34H30N2O3/c1-3-38-33(37)34(17-18-34)30-15-13-26(14-16-30)25-9-11-27(12-10-25)32-31(23(2)36-39-32)21-24-6-4-7-28(20-24)29-8-5-19-35-22-29/h4-16,19-20,22H,3,17-18,21H2,1-2H3. The number of pyridine rings is 1. The highest BCUT2D eigenvalue weighted by Gasteiger charge is 2.52. The summed E-state index contributed by atoms with van der Waals surface area (Å²) in [5.41, 5.74) is 9.20. The predicted octanol–water partition coefficient (Wildman–Crippen LogP) is 7.56. The number of hydrogen-bond donors (Lipinski definition) is 0. The van der Waals surface area contributed by atoms with Crippen LogP contribution in [0.1, 0.15) is 42.1 Å². The Bertz CT molecular complexity index is 1600. The van der Waals surface area contributed by atoms with E-state index < -0.39 is 5.41 Å². The number of aryl methyl sites for hydroxylation is 1. The lowest BCUT2D eigenvalue weighted by molar-refractivity contribution is -0.146. The molecule has 194 valence electrons. The van der Waals surface area contributed by atoms with Crippen molar-refractivity contribution in [2.75, 3.05) is 6.61 Å². The van der Waals surface area contributed by atoms with E-state index in [1.165, 1.54) is 5.56 Å². The topological polar surface area (TPSA) is 65.2 Å². The van der Waals surface area contributed by atoms with Crippen LogP contribution in [-0.4, -0.2) is 22.7 Å². The number of aromatic nitrogens is 2. The molecule has 0 bridgehead atoms. The van der Waals surface area contributed by atoms with Crippen molar-refractivity contribution in [3.63, 3.8) is 0 Å². The first-order valence-corrected chi connectivity index (χ1v) is 13.4. The van der Waals surface area contributed by atoms with Crippen molar-refractivity contribution in [3.8, 4) is 33.6 Å². The van der Waals surface area contributed by atoms with Crippen LogP contribution in [0.4, 0.5) is 0 Å². The normalized spacial score (nSPS) is 13.7. The molecule has 5 aromatic rings. The van der Waals surface area contributed by atoms with Gasteiger partial charge in [-0.25, -0.2) is 0 Å². The smallest absolute Gasteiger partial charge is 0.316 e. The molecule has 0 spiro atoms. The summed E-state index contributed by atoms with van der Waals surface area (Å²) in [5, 5.41) is 4.29. The predicted molar refractivity (Wildman–Crippen MR) is 152 cm³/mol. The number of benzene rings is 3. The van der Waals surface area contributed by atoms with Crippen LogP contribution < -0.4 is 0 Å². The van der Waals surface area contributed by atoms with Crippen LogP contribution in [0.25, 0.3) is 33.6 Å². The zero-order valence-electron chi connectivity index (χ0n) is 22.2. The van der Waals surface area contributed by atoms with E-state index >= 15 is 0 Å². The Labute approximate surface area is 228 Å². The lowest BCUT2D eigenvalue weighted by atomic mass is 9.93. The molecule has 2 aromatic heterocycles. The first-order chi connectivity index (χ1) is 19.1. The quantitative estimate of drug-likeness (QED) is 0.200. The number of hydrogen-bond acceptors (Lipinski definition) is 5. The van der Waals surface area contributed by atoms with Crippen molar-refractivity contribution in [1.29, 1.82) is 0 Å². The second-order valence-corrected chi connectivity index (χ2v) is 10.2. The average Bonchev–Trinajstić information content (AvgIpc) is 3.73. The Morgan fingerprint density at radius 1 is 0.872 bits per heavy atom. The van der Waals surface area contributed by atoms with Crippen molar-refractivity contribution in [1.82, 2.24) is 10.1 Å². The largest absolute Gasteiger partial charge is 0.465 e. The highest BCUT2D eigenvalue weighted by molar-refractivity contribution is 5.87. The minimum absolute atomic E-state index is 0.107. The third kappa shape index (κ3) is 4.88. The molecule has 2 heterocycles. The number of rotatable bonds is 8. The number of esters is 1. The summed E-state index contributed by atoms with van der Waals surface area (Å²) in [6, 6.07) is 29.2. The van der Waals surface area contributed by atoms with Gasteiger partial charge in [0, 0.05) is 29.9 Å². The van der Waals surface area contributed by atoms with Crippen LogP contribution in [0.3, 0.4) is 0 Å². The molecule has 6 rings (SSSR count). The number of nitrogens with zero attached hydrogens (tertiary/aromatic N) is 2. The summed E-state index contributed by atoms with van der Waals surface area (Å²) in [5.74, 6) is 0.690. The number of carbonyl (C=O) groups is 1. The molecule has 1 fully saturated rings. The fourth-order valence-corrected chi connectivity index (χ4v) is 5.22. The monoisotopic (exact) mass is 514 g/mol. The van der Waals surface area contributed by atoms with Gasteiger partial charge in [-0.05, 0) is 66.1 Å². The van der Waals surface area contributed by atoms with E-state index in [1.54, 1.807) is 6.20 Å². The Morgan fingerprint density at radius 3 is 2.23 bits per heavy atom. The molecule has 0 radical (unpaired) electrons. The van der Waals surface area contributed by atoms with E-state index in [0.29, 0.717) is 6.61 Å². The molecule has 5 nitrogen and oxygen atoms in total. The Balaban J connectivity index is 1.22. The van der Waals surface area contributed by atoms with Gasteiger partial charge >= 0.3 is 5.97 Å². The highest BCUT2D eigenvalue weighted by Crippen LogP contribution is 2.49. The van der Waals surface area contributed by atoms with Crippen LogP contribution in [0.2, 0.25) is 0 Å². The molecule has 0 aliphatic heterocycles. The fourth-order valence-electron chi connectivity index (χ4n) is 5.22. The summed E-state index contributed by atoms with van der Waals surface area (Å²) < 4.78 is 11.1. The summed E-state index contributed by atoms with van der Waals surface area (Å²) >= 11 is 0. The van der Waals surface area contributed by atoms with Crippen molar-refractivity contribution >= 4 is 5.97 Å². The first-order valence-electron chi connectivity index (χ1n) is 13.4. The van der Waals surface area contributed by atoms with Crippen molar-refractivity contribution in [2.24, 2.45) is 0 Å². The summed E-state index contributed by atoms with van der Waals surface area (Å²) in [7, 11) is 0. The molecule has 5 heteroatoms. The third-order valence-electron chi connectivity index (χ3n) is 7.62. The van der Waals surface area contributed by atoms with Gasteiger partial charge < -0.3 is 9.26 Å². The number of carbonyl (C=O) groups excluding carboxylic acids is 1. The van der Waals surface area contributed by atoms with E-state index in [2.05, 4.69) is 89.0 Å². The molecular weight excluding hydrogens is 484 g/mol. The molecule has 0 N–H and O–H groups in total. The zero-order chi connectivity index (χ0) is 26.8. The molecule has 3 aromatic carbocycles. The van der Waals surface area contributed by atoms with Crippen LogP contribution in [0.5, 0.6) is 0 Å². The van der Waals surface area contributed by atoms with Gasteiger partial charge in [-0.3, -0.25) is 9.78 Å². The number of ether oxygens (including phenoxy) is 1. The second-order valence-electron chi connectivity index (χ2n) is 10.2.